The lowest BCUT2D eigenvalue weighted by Crippen LogP contribution is -2.59. The van der Waals surface area contributed by atoms with Gasteiger partial charge in [0.05, 0.1) is 6.07 Å². The summed E-state index contributed by atoms with van der Waals surface area (Å²) < 4.78 is 0. The van der Waals surface area contributed by atoms with E-state index in [0.29, 0.717) is 5.92 Å². The average molecular weight is 248 g/mol. The molecule has 3 rings (SSSR count). The predicted molar refractivity (Wildman–Crippen MR) is 70.9 cm³/mol. The van der Waals surface area contributed by atoms with Crippen molar-refractivity contribution in [3.8, 4) is 6.07 Å². The van der Waals surface area contributed by atoms with E-state index in [4.69, 9.17) is 5.73 Å². The number of nitrogens with zero attached hydrogens (tertiary/aromatic N) is 3. The zero-order chi connectivity index (χ0) is 12.6. The molecule has 1 saturated carbocycles. The van der Waals surface area contributed by atoms with Crippen molar-refractivity contribution in [1.29, 1.82) is 5.26 Å². The smallest absolute Gasteiger partial charge is 0.119 e. The molecule has 2 unspecified atom stereocenters. The zero-order valence-electron chi connectivity index (χ0n) is 11.1. The van der Waals surface area contributed by atoms with Crippen LogP contribution in [0.5, 0.6) is 0 Å². The van der Waals surface area contributed by atoms with Crippen LogP contribution in [0.4, 0.5) is 0 Å². The fourth-order valence-electron chi connectivity index (χ4n) is 3.59. The molecule has 0 bridgehead atoms. The Balaban J connectivity index is 1.59. The lowest BCUT2D eigenvalue weighted by molar-refractivity contribution is 0.0410. The summed E-state index contributed by atoms with van der Waals surface area (Å²) in [6.45, 7) is 5.42. The van der Waals surface area contributed by atoms with E-state index in [9.17, 15) is 5.26 Å². The molecule has 2 saturated heterocycles. The van der Waals surface area contributed by atoms with E-state index in [-0.39, 0.29) is 0 Å². The minimum absolute atomic E-state index is 0.451. The Morgan fingerprint density at radius 1 is 1.17 bits per heavy atom. The molecule has 4 nitrogen and oxygen atoms in total. The number of nitrogens with two attached hydrogens (primary N) is 1. The van der Waals surface area contributed by atoms with E-state index < -0.39 is 5.54 Å². The molecule has 0 amide bonds. The molecule has 18 heavy (non-hydrogen) atoms. The summed E-state index contributed by atoms with van der Waals surface area (Å²) in [6, 6.07) is 3.10. The van der Waals surface area contributed by atoms with Crippen LogP contribution in [0, 0.1) is 17.2 Å². The molecular formula is C14H24N4. The molecular weight excluding hydrogens is 224 g/mol. The van der Waals surface area contributed by atoms with Crippen LogP contribution in [0.1, 0.15) is 32.1 Å². The number of piperidine rings is 1. The third-order valence-electron chi connectivity index (χ3n) is 4.92. The van der Waals surface area contributed by atoms with E-state index in [0.717, 1.165) is 45.1 Å². The van der Waals surface area contributed by atoms with E-state index in [2.05, 4.69) is 15.9 Å². The molecule has 0 aromatic rings. The maximum atomic E-state index is 9.35. The van der Waals surface area contributed by atoms with E-state index >= 15 is 0 Å². The van der Waals surface area contributed by atoms with Gasteiger partial charge in [0.1, 0.15) is 5.54 Å². The van der Waals surface area contributed by atoms with Gasteiger partial charge in [0.2, 0.25) is 0 Å². The fraction of sp³-hybridized carbons (Fsp3) is 0.929. The van der Waals surface area contributed by atoms with Crippen LogP contribution in [0.2, 0.25) is 0 Å². The van der Waals surface area contributed by atoms with Crippen LogP contribution in [-0.2, 0) is 0 Å². The van der Waals surface area contributed by atoms with Gasteiger partial charge in [-0.05, 0) is 38.1 Å². The Labute approximate surface area is 110 Å². The first-order valence-corrected chi connectivity index (χ1v) is 7.38. The Kier molecular flexibility index (Phi) is 3.31. The first kappa shape index (κ1) is 12.4. The Hall–Kier alpha value is -0.630. The lowest BCUT2D eigenvalue weighted by Gasteiger charge is -2.45. The van der Waals surface area contributed by atoms with Gasteiger partial charge in [-0.3, -0.25) is 9.80 Å². The highest BCUT2D eigenvalue weighted by Crippen LogP contribution is 2.38. The van der Waals surface area contributed by atoms with Gasteiger partial charge in [0.15, 0.2) is 0 Å². The van der Waals surface area contributed by atoms with Gasteiger partial charge in [0, 0.05) is 32.2 Å². The number of piperazine rings is 1. The second-order valence-corrected chi connectivity index (χ2v) is 6.35. The van der Waals surface area contributed by atoms with Crippen LogP contribution in [0.3, 0.4) is 0 Å². The highest BCUT2D eigenvalue weighted by molar-refractivity contribution is 5.15. The molecule has 3 aliphatic rings. The number of nitriles is 1. The van der Waals surface area contributed by atoms with E-state index in [1.807, 2.05) is 0 Å². The molecule has 2 aliphatic heterocycles. The van der Waals surface area contributed by atoms with Gasteiger partial charge >= 0.3 is 0 Å². The van der Waals surface area contributed by atoms with Gasteiger partial charge in [-0.25, -0.2) is 0 Å². The zero-order valence-corrected chi connectivity index (χ0v) is 11.1. The number of fused-ring (bicyclic) bond motifs is 1. The topological polar surface area (TPSA) is 56.3 Å². The first-order valence-electron chi connectivity index (χ1n) is 7.38. The van der Waals surface area contributed by atoms with Crippen molar-refractivity contribution in [2.45, 2.75) is 43.7 Å². The molecule has 0 spiro atoms. The highest BCUT2D eigenvalue weighted by atomic mass is 15.3. The monoisotopic (exact) mass is 248 g/mol. The number of hydrogen-bond acceptors (Lipinski definition) is 4. The van der Waals surface area contributed by atoms with Crippen molar-refractivity contribution in [2.24, 2.45) is 11.7 Å². The lowest BCUT2D eigenvalue weighted by atomic mass is 9.93. The molecule has 0 aromatic carbocycles. The van der Waals surface area contributed by atoms with Gasteiger partial charge in [-0.15, -0.1) is 0 Å². The van der Waals surface area contributed by atoms with E-state index in [1.54, 1.807) is 0 Å². The van der Waals surface area contributed by atoms with Crippen molar-refractivity contribution in [3.63, 3.8) is 0 Å². The standard InChI is InChI=1S/C14H24N4/c15-10-14(16,12-4-5-12)11-17-7-8-18-6-2-1-3-13(18)9-17/h12-13H,1-9,11,16H2. The number of hydrogen-bond donors (Lipinski definition) is 1. The summed E-state index contributed by atoms with van der Waals surface area (Å²) in [4.78, 5) is 5.07. The second-order valence-electron chi connectivity index (χ2n) is 6.35. The molecule has 2 heterocycles. The Morgan fingerprint density at radius 3 is 2.72 bits per heavy atom. The van der Waals surface area contributed by atoms with Gasteiger partial charge in [-0.2, -0.15) is 5.26 Å². The van der Waals surface area contributed by atoms with Crippen LogP contribution < -0.4 is 5.73 Å². The van der Waals surface area contributed by atoms with Crippen molar-refractivity contribution >= 4 is 0 Å². The van der Waals surface area contributed by atoms with Crippen molar-refractivity contribution < 1.29 is 0 Å². The molecule has 2 N–H and O–H groups in total. The molecule has 1 aliphatic carbocycles. The summed E-state index contributed by atoms with van der Waals surface area (Å²) in [6.07, 6.45) is 6.34. The van der Waals surface area contributed by atoms with Gasteiger partial charge < -0.3 is 5.73 Å². The van der Waals surface area contributed by atoms with Gasteiger partial charge in [-0.1, -0.05) is 6.42 Å². The minimum Gasteiger partial charge on any atom is -0.312 e. The van der Waals surface area contributed by atoms with Crippen LogP contribution in [0.15, 0.2) is 0 Å². The van der Waals surface area contributed by atoms with Gasteiger partial charge in [0.25, 0.3) is 0 Å². The van der Waals surface area contributed by atoms with E-state index in [1.165, 1.54) is 25.8 Å². The normalized spacial score (nSPS) is 33.4. The first-order chi connectivity index (χ1) is 8.71. The predicted octanol–water partition coefficient (Wildman–Crippen LogP) is 0.788. The SMILES string of the molecule is N#CC(N)(CN1CCN2CCCCC2C1)C1CC1. The average Bonchev–Trinajstić information content (AvgIpc) is 3.23. The number of rotatable bonds is 3. The summed E-state index contributed by atoms with van der Waals surface area (Å²) in [5, 5.41) is 9.35. The summed E-state index contributed by atoms with van der Waals surface area (Å²) in [7, 11) is 0. The quantitative estimate of drug-likeness (QED) is 0.802. The van der Waals surface area contributed by atoms with Crippen molar-refractivity contribution in [3.05, 3.63) is 0 Å². The summed E-state index contributed by atoms with van der Waals surface area (Å²) >= 11 is 0. The maximum Gasteiger partial charge on any atom is 0.119 e. The Morgan fingerprint density at radius 2 is 2.00 bits per heavy atom. The molecule has 0 radical (unpaired) electrons. The highest BCUT2D eigenvalue weighted by Gasteiger charge is 2.44. The third-order valence-corrected chi connectivity index (χ3v) is 4.92. The van der Waals surface area contributed by atoms with Crippen LogP contribution >= 0.6 is 0 Å². The van der Waals surface area contributed by atoms with Crippen molar-refractivity contribution in [2.75, 3.05) is 32.7 Å². The second kappa shape index (κ2) is 4.80. The molecule has 3 fully saturated rings. The summed E-state index contributed by atoms with van der Waals surface area (Å²) in [5.41, 5.74) is 5.70. The molecule has 100 valence electrons. The largest absolute Gasteiger partial charge is 0.312 e. The van der Waals surface area contributed by atoms with Crippen molar-refractivity contribution in [1.82, 2.24) is 9.80 Å². The third kappa shape index (κ3) is 2.40. The minimum atomic E-state index is -0.586. The van der Waals surface area contributed by atoms with Crippen LogP contribution in [-0.4, -0.2) is 54.1 Å². The molecule has 2 atom stereocenters. The van der Waals surface area contributed by atoms with Crippen LogP contribution in [0.25, 0.3) is 0 Å². The summed E-state index contributed by atoms with van der Waals surface area (Å²) in [5.74, 6) is 0.451. The molecule has 4 heteroatoms. The Bertz CT molecular complexity index is 346. The maximum absolute atomic E-state index is 9.35. The fourth-order valence-corrected chi connectivity index (χ4v) is 3.59. The molecule has 0 aromatic heterocycles.